The van der Waals surface area contributed by atoms with E-state index in [1.807, 2.05) is 41.0 Å². The van der Waals surface area contributed by atoms with Gasteiger partial charge in [0, 0.05) is 33.0 Å². The fourth-order valence-electron chi connectivity index (χ4n) is 6.56. The minimum absolute atomic E-state index is 0.104. The molecule has 6 atom stereocenters. The topological polar surface area (TPSA) is 157 Å². The van der Waals surface area contributed by atoms with Crippen LogP contribution in [0.1, 0.15) is 77.7 Å². The molecule has 246 valence electrons. The molecule has 2 aliphatic heterocycles. The van der Waals surface area contributed by atoms with E-state index in [1.54, 1.807) is 0 Å². The summed E-state index contributed by atoms with van der Waals surface area (Å²) in [6, 6.07) is 6.70. The normalized spacial score (nSPS) is 29.4. The molecule has 0 radical (unpaired) electrons. The van der Waals surface area contributed by atoms with E-state index in [2.05, 4.69) is 18.6 Å². The molecule has 5 rings (SSSR count). The van der Waals surface area contributed by atoms with Gasteiger partial charge in [-0.1, -0.05) is 44.1 Å². The highest BCUT2D eigenvalue weighted by molar-refractivity contribution is 7.87. The van der Waals surface area contributed by atoms with E-state index in [9.17, 15) is 22.8 Å². The zero-order chi connectivity index (χ0) is 32.5. The number of benzene rings is 1. The number of amides is 2. The van der Waals surface area contributed by atoms with Crippen LogP contribution in [0.15, 0.2) is 36.4 Å². The van der Waals surface area contributed by atoms with Crippen LogP contribution in [0.4, 0.5) is 0 Å². The van der Waals surface area contributed by atoms with Gasteiger partial charge in [-0.25, -0.2) is 4.72 Å². The molecule has 1 unspecified atom stereocenters. The van der Waals surface area contributed by atoms with Crippen molar-refractivity contribution in [3.8, 4) is 6.01 Å². The Hall–Kier alpha value is -3.29. The van der Waals surface area contributed by atoms with Crippen molar-refractivity contribution >= 4 is 38.8 Å². The number of hydrogen-bond donors (Lipinski definition) is 2. The molecule has 12 nitrogen and oxygen atoms in total. The Labute approximate surface area is 265 Å². The molecule has 0 bridgehead atoms. The van der Waals surface area contributed by atoms with Crippen molar-refractivity contribution in [1.29, 1.82) is 0 Å². The van der Waals surface area contributed by atoms with Gasteiger partial charge < -0.3 is 15.4 Å². The van der Waals surface area contributed by atoms with Crippen LogP contribution < -0.4 is 15.2 Å². The van der Waals surface area contributed by atoms with Gasteiger partial charge in [0.05, 0.1) is 35.1 Å². The third kappa shape index (κ3) is 6.80. The molecular formula is C32H46N6O6S. The van der Waals surface area contributed by atoms with Crippen molar-refractivity contribution in [1.82, 2.24) is 23.5 Å². The lowest BCUT2D eigenvalue weighted by Gasteiger charge is -2.27. The molecule has 45 heavy (non-hydrogen) atoms. The first-order valence-electron chi connectivity index (χ1n) is 16.0. The van der Waals surface area contributed by atoms with Crippen LogP contribution in [-0.4, -0.2) is 83.6 Å². The third-order valence-electron chi connectivity index (χ3n) is 9.63. The number of ketones is 1. The Kier molecular flexibility index (Phi) is 9.71. The number of Topliss-reactive ketones (excluding diaryl/α,β-unsaturated/α-hetero) is 1. The standard InChI is InChI=1S/C32H46N6O6S/c1-5-21(2)38-26-16-12-11-15-25(26)34-31(38)44-23-17-27-28(39)19-32(30(41)35-45(42,43)36(3)4)18-22(32)13-9-7-6-8-10-14-24(33)29(40)37(27)20-23/h9,11-13,15-16,21-24,27H,5-8,10,14,17-20,33H2,1-4H3,(H,35,41)/b13-9-/t21?,22-,23+,24-,27-,32+/m0/s1. The van der Waals surface area contributed by atoms with Crippen molar-refractivity contribution in [2.75, 3.05) is 20.6 Å². The Morgan fingerprint density at radius 1 is 1.22 bits per heavy atom. The molecule has 3 aliphatic rings. The molecule has 1 aromatic heterocycles. The summed E-state index contributed by atoms with van der Waals surface area (Å²) in [6.45, 7) is 4.34. The van der Waals surface area contributed by atoms with Gasteiger partial charge in [-0.05, 0) is 57.1 Å². The van der Waals surface area contributed by atoms with Crippen LogP contribution in [-0.2, 0) is 24.6 Å². The maximum atomic E-state index is 14.1. The zero-order valence-corrected chi connectivity index (χ0v) is 27.5. The maximum absolute atomic E-state index is 14.1. The number of hydrogen-bond acceptors (Lipinski definition) is 8. The number of ether oxygens (including phenoxy) is 1. The van der Waals surface area contributed by atoms with Gasteiger partial charge in [0.25, 0.3) is 6.01 Å². The second-order valence-corrected chi connectivity index (χ2v) is 14.9. The number of para-hydroxylation sites is 2. The summed E-state index contributed by atoms with van der Waals surface area (Å²) in [5.41, 5.74) is 6.92. The minimum atomic E-state index is -4.06. The predicted molar refractivity (Wildman–Crippen MR) is 170 cm³/mol. The highest BCUT2D eigenvalue weighted by Crippen LogP contribution is 2.57. The van der Waals surface area contributed by atoms with Crippen molar-refractivity contribution in [3.63, 3.8) is 0 Å². The smallest absolute Gasteiger partial charge is 0.303 e. The van der Waals surface area contributed by atoms with Crippen LogP contribution in [0.25, 0.3) is 11.0 Å². The molecule has 1 aromatic carbocycles. The molecular weight excluding hydrogens is 596 g/mol. The second kappa shape index (κ2) is 13.2. The van der Waals surface area contributed by atoms with Gasteiger partial charge in [0.1, 0.15) is 6.10 Å². The third-order valence-corrected chi connectivity index (χ3v) is 11.0. The van der Waals surface area contributed by atoms with E-state index in [-0.39, 0.29) is 43.0 Å². The molecule has 3 heterocycles. The SMILES string of the molecule is CCC(C)n1c(O[C@@H]2C[C@H]3C(=O)C[C@]4(C(=O)NS(=O)(=O)N(C)C)C[C@@H]4/C=C\CCCCC[C@H](N)C(=O)N3C2)nc2ccccc21. The highest BCUT2D eigenvalue weighted by atomic mass is 32.2. The number of fused-ring (bicyclic) bond motifs is 3. The summed E-state index contributed by atoms with van der Waals surface area (Å²) < 4.78 is 36.7. The van der Waals surface area contributed by atoms with Gasteiger partial charge in [-0.15, -0.1) is 0 Å². The minimum Gasteiger partial charge on any atom is -0.459 e. The molecule has 13 heteroatoms. The number of carbonyl (C=O) groups is 3. The summed E-state index contributed by atoms with van der Waals surface area (Å²) in [6.07, 6.45) is 8.50. The lowest BCUT2D eigenvalue weighted by Crippen LogP contribution is -2.50. The monoisotopic (exact) mass is 642 g/mol. The van der Waals surface area contributed by atoms with E-state index < -0.39 is 39.7 Å². The Morgan fingerprint density at radius 2 is 1.98 bits per heavy atom. The first kappa shape index (κ1) is 33.1. The van der Waals surface area contributed by atoms with E-state index in [1.165, 1.54) is 19.0 Å². The fraction of sp³-hybridized carbons (Fsp3) is 0.625. The Bertz CT molecular complexity index is 1570. The van der Waals surface area contributed by atoms with Crippen LogP contribution in [0, 0.1) is 11.3 Å². The first-order chi connectivity index (χ1) is 21.4. The number of carbonyl (C=O) groups excluding carboxylic acids is 3. The molecule has 2 fully saturated rings. The molecule has 2 aromatic rings. The Balaban J connectivity index is 1.44. The lowest BCUT2D eigenvalue weighted by atomic mass is 9.91. The van der Waals surface area contributed by atoms with Gasteiger partial charge >= 0.3 is 10.2 Å². The van der Waals surface area contributed by atoms with Gasteiger partial charge in [-0.3, -0.25) is 19.0 Å². The van der Waals surface area contributed by atoms with Crippen molar-refractivity contribution in [2.45, 2.75) is 95.9 Å². The lowest BCUT2D eigenvalue weighted by molar-refractivity contribution is -0.140. The van der Waals surface area contributed by atoms with E-state index in [4.69, 9.17) is 15.5 Å². The van der Waals surface area contributed by atoms with E-state index in [0.717, 1.165) is 47.4 Å². The quantitative estimate of drug-likeness (QED) is 0.437. The molecule has 0 spiro atoms. The first-order valence-corrected chi connectivity index (χ1v) is 17.5. The van der Waals surface area contributed by atoms with Crippen molar-refractivity contribution in [2.24, 2.45) is 17.1 Å². The highest BCUT2D eigenvalue weighted by Gasteiger charge is 2.61. The summed E-state index contributed by atoms with van der Waals surface area (Å²) in [4.78, 5) is 47.6. The number of aromatic nitrogens is 2. The Morgan fingerprint density at radius 3 is 2.71 bits per heavy atom. The number of nitrogens with two attached hydrogens (primary N) is 1. The van der Waals surface area contributed by atoms with E-state index in [0.29, 0.717) is 18.9 Å². The molecule has 1 saturated carbocycles. The van der Waals surface area contributed by atoms with E-state index >= 15 is 0 Å². The van der Waals surface area contributed by atoms with Crippen LogP contribution in [0.3, 0.4) is 0 Å². The van der Waals surface area contributed by atoms with Gasteiger partial charge in [0.15, 0.2) is 5.78 Å². The van der Waals surface area contributed by atoms with Gasteiger partial charge in [-0.2, -0.15) is 17.7 Å². The average molecular weight is 643 g/mol. The second-order valence-electron chi connectivity index (χ2n) is 13.0. The molecule has 2 amide bonds. The molecule has 3 N–H and O–H groups in total. The number of nitrogens with zero attached hydrogens (tertiary/aromatic N) is 4. The summed E-state index contributed by atoms with van der Waals surface area (Å²) in [7, 11) is -1.39. The summed E-state index contributed by atoms with van der Waals surface area (Å²) in [5, 5.41) is 0. The fourth-order valence-corrected chi connectivity index (χ4v) is 7.18. The predicted octanol–water partition coefficient (Wildman–Crippen LogP) is 3.09. The average Bonchev–Trinajstić information content (AvgIpc) is 3.34. The number of nitrogens with one attached hydrogen (secondary N) is 1. The van der Waals surface area contributed by atoms with Crippen molar-refractivity contribution in [3.05, 3.63) is 36.4 Å². The summed E-state index contributed by atoms with van der Waals surface area (Å²) in [5.74, 6) is -1.60. The number of rotatable bonds is 7. The number of allylic oxidation sites excluding steroid dienone is 2. The zero-order valence-electron chi connectivity index (χ0n) is 26.6. The van der Waals surface area contributed by atoms with Crippen LogP contribution in [0.5, 0.6) is 6.01 Å². The van der Waals surface area contributed by atoms with Gasteiger partial charge in [0.2, 0.25) is 11.8 Å². The van der Waals surface area contributed by atoms with Crippen LogP contribution in [0.2, 0.25) is 0 Å². The number of imidazole rings is 1. The molecule has 1 aliphatic carbocycles. The summed E-state index contributed by atoms with van der Waals surface area (Å²) >= 11 is 0. The largest absolute Gasteiger partial charge is 0.459 e. The molecule has 1 saturated heterocycles. The van der Waals surface area contributed by atoms with Crippen LogP contribution >= 0.6 is 0 Å². The van der Waals surface area contributed by atoms with Crippen molar-refractivity contribution < 1.29 is 27.5 Å². The maximum Gasteiger partial charge on any atom is 0.303 e.